The molecule has 0 radical (unpaired) electrons. The molecule has 0 heterocycles. The Bertz CT molecular complexity index is 490. The van der Waals surface area contributed by atoms with Crippen LogP contribution in [0, 0.1) is 36.1 Å². The number of rotatable bonds is 2. The minimum absolute atomic E-state index is 0.304. The number of hydrogen-bond acceptors (Lipinski definition) is 0. The summed E-state index contributed by atoms with van der Waals surface area (Å²) in [6, 6.07) is 0. The summed E-state index contributed by atoms with van der Waals surface area (Å²) in [7, 11) is 4.25. The zero-order valence-electron chi connectivity index (χ0n) is 15.1. The van der Waals surface area contributed by atoms with Gasteiger partial charge >= 0.3 is 0 Å². The van der Waals surface area contributed by atoms with Crippen molar-refractivity contribution in [1.82, 2.24) is 0 Å². The van der Waals surface area contributed by atoms with Crippen molar-refractivity contribution in [1.29, 1.82) is 0 Å². The van der Waals surface area contributed by atoms with Gasteiger partial charge in [-0.05, 0) is 70.6 Å². The van der Waals surface area contributed by atoms with E-state index in [1.165, 1.54) is 44.1 Å². The molecule has 0 aliphatic heterocycles. The van der Waals surface area contributed by atoms with Crippen molar-refractivity contribution in [2.45, 2.75) is 71.8 Å². The second-order valence-electron chi connectivity index (χ2n) is 8.89. The molecule has 3 aliphatic carbocycles. The van der Waals surface area contributed by atoms with Crippen LogP contribution in [0.2, 0.25) is 0 Å². The zero-order valence-corrected chi connectivity index (χ0v) is 15.1. The third kappa shape index (κ3) is 2.15. The largest absolute Gasteiger partial charge is 0.474 e. The SMILES string of the molecule is C=C(C)[C@@H]1CC[C@H](C)[C@H]2CC[C@](C)([NH2+][CH2-])[C@@H]3CCC(C)=C[C@]231. The molecule has 22 heavy (non-hydrogen) atoms. The fraction of sp³-hybridized carbons (Fsp3) is 0.762. The highest BCUT2D eigenvalue weighted by Crippen LogP contribution is 2.65. The van der Waals surface area contributed by atoms with E-state index in [9.17, 15) is 0 Å². The van der Waals surface area contributed by atoms with Gasteiger partial charge in [-0.2, -0.15) is 7.05 Å². The molecule has 0 aromatic rings. The third-order valence-corrected chi connectivity index (χ3v) is 7.62. The number of allylic oxidation sites excluding steroid dienone is 3. The van der Waals surface area contributed by atoms with Crippen molar-refractivity contribution in [3.8, 4) is 0 Å². The van der Waals surface area contributed by atoms with Crippen molar-refractivity contribution in [3.63, 3.8) is 0 Å². The molecule has 2 fully saturated rings. The topological polar surface area (TPSA) is 16.6 Å². The summed E-state index contributed by atoms with van der Waals surface area (Å²) in [5.74, 6) is 3.13. The maximum atomic E-state index is 4.42. The van der Waals surface area contributed by atoms with Crippen LogP contribution in [-0.2, 0) is 0 Å². The zero-order chi connectivity index (χ0) is 16.1. The van der Waals surface area contributed by atoms with Crippen LogP contribution in [0.15, 0.2) is 23.8 Å². The molecule has 0 aromatic heterocycles. The van der Waals surface area contributed by atoms with E-state index >= 15 is 0 Å². The Balaban J connectivity index is 2.17. The van der Waals surface area contributed by atoms with Crippen LogP contribution in [-0.4, -0.2) is 5.54 Å². The van der Waals surface area contributed by atoms with E-state index in [1.807, 2.05) is 0 Å². The van der Waals surface area contributed by atoms with Crippen molar-refractivity contribution >= 4 is 0 Å². The first-order valence-corrected chi connectivity index (χ1v) is 9.32. The first-order chi connectivity index (χ1) is 10.3. The number of quaternary nitrogens is 1. The Morgan fingerprint density at radius 3 is 2.68 bits per heavy atom. The van der Waals surface area contributed by atoms with Gasteiger partial charge in [0, 0.05) is 17.8 Å². The second-order valence-corrected chi connectivity index (χ2v) is 8.89. The van der Waals surface area contributed by atoms with Gasteiger partial charge in [0.15, 0.2) is 0 Å². The molecule has 1 heteroatoms. The summed E-state index contributed by atoms with van der Waals surface area (Å²) in [5.41, 5.74) is 3.70. The van der Waals surface area contributed by atoms with Crippen LogP contribution in [0.4, 0.5) is 0 Å². The van der Waals surface area contributed by atoms with Crippen molar-refractivity contribution in [2.24, 2.45) is 29.1 Å². The Morgan fingerprint density at radius 1 is 1.32 bits per heavy atom. The fourth-order valence-corrected chi connectivity index (χ4v) is 6.56. The molecule has 3 rings (SSSR count). The summed E-state index contributed by atoms with van der Waals surface area (Å²) >= 11 is 0. The van der Waals surface area contributed by atoms with Gasteiger partial charge in [0.2, 0.25) is 0 Å². The highest BCUT2D eigenvalue weighted by molar-refractivity contribution is 5.27. The lowest BCUT2D eigenvalue weighted by molar-refractivity contribution is -0.689. The Hall–Kier alpha value is -0.560. The molecule has 2 saturated carbocycles. The number of hydrogen-bond donors (Lipinski definition) is 1. The first kappa shape index (κ1) is 16.3. The van der Waals surface area contributed by atoms with Gasteiger partial charge in [0.25, 0.3) is 0 Å². The van der Waals surface area contributed by atoms with Gasteiger partial charge in [-0.3, -0.25) is 0 Å². The van der Waals surface area contributed by atoms with E-state index in [-0.39, 0.29) is 0 Å². The average molecular weight is 302 g/mol. The van der Waals surface area contributed by atoms with Crippen molar-refractivity contribution < 1.29 is 5.32 Å². The number of nitrogens with two attached hydrogens (primary N) is 1. The van der Waals surface area contributed by atoms with E-state index in [0.29, 0.717) is 16.9 Å². The monoisotopic (exact) mass is 301 g/mol. The van der Waals surface area contributed by atoms with Crippen molar-refractivity contribution in [3.05, 3.63) is 30.8 Å². The van der Waals surface area contributed by atoms with Crippen LogP contribution >= 0.6 is 0 Å². The summed E-state index contributed by atoms with van der Waals surface area (Å²) in [6.07, 6.45) is 10.8. The normalized spacial score (nSPS) is 48.1. The van der Waals surface area contributed by atoms with Crippen LogP contribution < -0.4 is 5.32 Å². The molecule has 0 saturated heterocycles. The quantitative estimate of drug-likeness (QED) is 0.572. The molecule has 0 amide bonds. The molecule has 1 spiro atoms. The molecule has 124 valence electrons. The van der Waals surface area contributed by atoms with Crippen LogP contribution in [0.3, 0.4) is 0 Å². The van der Waals surface area contributed by atoms with Gasteiger partial charge in [-0.1, -0.05) is 30.7 Å². The average Bonchev–Trinajstić information content (AvgIpc) is 2.46. The molecule has 1 nitrogen and oxygen atoms in total. The predicted octanol–water partition coefficient (Wildman–Crippen LogP) is 4.47. The van der Waals surface area contributed by atoms with Gasteiger partial charge < -0.3 is 5.32 Å². The molecule has 6 atom stereocenters. The Morgan fingerprint density at radius 2 is 2.05 bits per heavy atom. The minimum atomic E-state index is 0.304. The summed E-state index contributed by atoms with van der Waals surface area (Å²) in [4.78, 5) is 0. The Kier molecular flexibility index (Phi) is 4.08. The lowest BCUT2D eigenvalue weighted by Gasteiger charge is -2.64. The summed E-state index contributed by atoms with van der Waals surface area (Å²) < 4.78 is 0. The smallest absolute Gasteiger partial charge is 0.0732 e. The Labute approximate surface area is 137 Å². The van der Waals surface area contributed by atoms with Crippen LogP contribution in [0.1, 0.15) is 66.2 Å². The molecule has 2 N–H and O–H groups in total. The minimum Gasteiger partial charge on any atom is -0.474 e. The first-order valence-electron chi connectivity index (χ1n) is 9.32. The van der Waals surface area contributed by atoms with E-state index in [1.54, 1.807) is 5.57 Å². The van der Waals surface area contributed by atoms with Gasteiger partial charge in [-0.25, -0.2) is 0 Å². The second kappa shape index (κ2) is 5.51. The molecular weight excluding hydrogens is 266 g/mol. The maximum Gasteiger partial charge on any atom is 0.0732 e. The standard InChI is InChI=1S/C21H35N/c1-14(2)17-9-8-16(4)18-11-12-20(5,22-6)19-10-7-15(3)13-21(17,18)19/h13,16-19H,1,6-12,22H2,2-5H3/t16-,17-,18+,19-,20-,21-/m0/s1. The lowest BCUT2D eigenvalue weighted by atomic mass is 9.41. The maximum absolute atomic E-state index is 4.42. The van der Waals surface area contributed by atoms with E-state index in [4.69, 9.17) is 0 Å². The predicted molar refractivity (Wildman–Crippen MR) is 94.0 cm³/mol. The molecular formula is C21H35N. The highest BCUT2D eigenvalue weighted by Gasteiger charge is 2.62. The van der Waals surface area contributed by atoms with Gasteiger partial charge in [0.05, 0.1) is 5.54 Å². The summed E-state index contributed by atoms with van der Waals surface area (Å²) in [5, 5.41) is 2.29. The van der Waals surface area contributed by atoms with Gasteiger partial charge in [-0.15, -0.1) is 0 Å². The van der Waals surface area contributed by atoms with Crippen molar-refractivity contribution in [2.75, 3.05) is 0 Å². The van der Waals surface area contributed by atoms with E-state index < -0.39 is 0 Å². The third-order valence-electron chi connectivity index (χ3n) is 7.62. The van der Waals surface area contributed by atoms with Crippen LogP contribution in [0.25, 0.3) is 0 Å². The summed E-state index contributed by atoms with van der Waals surface area (Å²) in [6.45, 7) is 14.0. The van der Waals surface area contributed by atoms with E-state index in [0.717, 1.165) is 17.8 Å². The van der Waals surface area contributed by atoms with Crippen LogP contribution in [0.5, 0.6) is 0 Å². The molecule has 0 bridgehead atoms. The molecule has 0 unspecified atom stereocenters. The molecule has 3 aliphatic rings. The highest BCUT2D eigenvalue weighted by atomic mass is 15.0. The lowest BCUT2D eigenvalue weighted by Crippen LogP contribution is -2.94. The van der Waals surface area contributed by atoms with E-state index in [2.05, 4.69) is 52.7 Å². The molecule has 0 aromatic carbocycles. The fourth-order valence-electron chi connectivity index (χ4n) is 6.56. The van der Waals surface area contributed by atoms with Gasteiger partial charge in [0.1, 0.15) is 0 Å².